The molecule has 2 rings (SSSR count). The Balaban J connectivity index is 1.88. The van der Waals surface area contributed by atoms with E-state index in [1.165, 1.54) is 30.7 Å². The van der Waals surface area contributed by atoms with Gasteiger partial charge >= 0.3 is 0 Å². The maximum Gasteiger partial charge on any atom is 0.261 e. The van der Waals surface area contributed by atoms with Crippen LogP contribution in [0.15, 0.2) is 9.85 Å². The van der Waals surface area contributed by atoms with E-state index in [0.717, 1.165) is 27.3 Å². The smallest absolute Gasteiger partial charge is 0.261 e. The van der Waals surface area contributed by atoms with Crippen molar-refractivity contribution >= 4 is 33.2 Å². The summed E-state index contributed by atoms with van der Waals surface area (Å²) in [6, 6.07) is 2.46. The van der Waals surface area contributed by atoms with Gasteiger partial charge in [-0.1, -0.05) is 6.92 Å². The van der Waals surface area contributed by atoms with Gasteiger partial charge in [0.05, 0.1) is 8.66 Å². The van der Waals surface area contributed by atoms with Gasteiger partial charge in [0.15, 0.2) is 0 Å². The second-order valence-corrected chi connectivity index (χ2v) is 7.07. The largest absolute Gasteiger partial charge is 0.350 e. The van der Waals surface area contributed by atoms with Crippen LogP contribution in [0.1, 0.15) is 35.0 Å². The van der Waals surface area contributed by atoms with E-state index in [-0.39, 0.29) is 5.91 Å². The van der Waals surface area contributed by atoms with Crippen molar-refractivity contribution in [2.45, 2.75) is 32.7 Å². The van der Waals surface area contributed by atoms with Crippen LogP contribution in [0.3, 0.4) is 0 Å². The molecule has 18 heavy (non-hydrogen) atoms. The molecule has 1 aliphatic heterocycles. The molecule has 0 saturated carbocycles. The lowest BCUT2D eigenvalue weighted by atomic mass is 10.2. The number of carbonyl (C=O) groups is 1. The number of carbonyl (C=O) groups excluding carboxylic acids is 1. The third kappa shape index (κ3) is 3.13. The highest BCUT2D eigenvalue weighted by Crippen LogP contribution is 2.27. The zero-order chi connectivity index (χ0) is 13.1. The van der Waals surface area contributed by atoms with E-state index in [9.17, 15) is 4.79 Å². The van der Waals surface area contributed by atoms with Gasteiger partial charge in [-0.05, 0) is 60.4 Å². The van der Waals surface area contributed by atoms with Crippen molar-refractivity contribution < 1.29 is 4.79 Å². The monoisotopic (exact) mass is 330 g/mol. The van der Waals surface area contributed by atoms with Crippen LogP contribution in [0, 0.1) is 6.92 Å². The van der Waals surface area contributed by atoms with Gasteiger partial charge in [-0.3, -0.25) is 9.69 Å². The molecule has 5 heteroatoms. The number of nitrogens with zero attached hydrogens (tertiary/aromatic N) is 1. The summed E-state index contributed by atoms with van der Waals surface area (Å²) in [7, 11) is 0. The predicted octanol–water partition coefficient (Wildman–Crippen LogP) is 3.03. The number of likely N-dealkylation sites (N-methyl/N-ethyl adjacent to an activating group) is 1. The maximum atomic E-state index is 12.0. The molecule has 1 N–H and O–H groups in total. The van der Waals surface area contributed by atoms with Gasteiger partial charge < -0.3 is 5.32 Å². The Labute approximate surface area is 121 Å². The minimum Gasteiger partial charge on any atom is -0.350 e. The van der Waals surface area contributed by atoms with E-state index in [1.807, 2.05) is 13.0 Å². The topological polar surface area (TPSA) is 32.3 Å². The number of halogens is 1. The van der Waals surface area contributed by atoms with Crippen molar-refractivity contribution in [3.8, 4) is 0 Å². The highest BCUT2D eigenvalue weighted by molar-refractivity contribution is 9.11. The number of rotatable bonds is 4. The van der Waals surface area contributed by atoms with E-state index in [0.29, 0.717) is 6.04 Å². The van der Waals surface area contributed by atoms with E-state index in [2.05, 4.69) is 33.1 Å². The lowest BCUT2D eigenvalue weighted by molar-refractivity contribution is 0.0945. The molecule has 0 radical (unpaired) electrons. The summed E-state index contributed by atoms with van der Waals surface area (Å²) in [6.45, 7) is 7.19. The van der Waals surface area contributed by atoms with Gasteiger partial charge in [-0.2, -0.15) is 0 Å². The fourth-order valence-electron chi connectivity index (χ4n) is 2.41. The summed E-state index contributed by atoms with van der Waals surface area (Å²) in [4.78, 5) is 15.3. The summed E-state index contributed by atoms with van der Waals surface area (Å²) >= 11 is 4.96. The van der Waals surface area contributed by atoms with Crippen LogP contribution in [0.2, 0.25) is 0 Å². The lowest BCUT2D eigenvalue weighted by Crippen LogP contribution is -2.39. The second kappa shape index (κ2) is 6.17. The predicted molar refractivity (Wildman–Crippen MR) is 79.4 cm³/mol. The van der Waals surface area contributed by atoms with Crippen LogP contribution >= 0.6 is 27.3 Å². The first-order valence-electron chi connectivity index (χ1n) is 6.40. The summed E-state index contributed by atoms with van der Waals surface area (Å²) < 4.78 is 1.05. The molecule has 1 fully saturated rings. The summed E-state index contributed by atoms with van der Waals surface area (Å²) in [6.07, 6.45) is 2.44. The van der Waals surface area contributed by atoms with Gasteiger partial charge in [0.2, 0.25) is 0 Å². The van der Waals surface area contributed by atoms with Gasteiger partial charge in [-0.25, -0.2) is 0 Å². The minimum absolute atomic E-state index is 0.0525. The standard InChI is InChI=1S/C13H19BrN2OS/c1-3-16-6-4-5-10(16)8-15-13(17)11-7-9(2)12(14)18-11/h7,10H,3-6,8H2,1-2H3,(H,15,17). The molecule has 100 valence electrons. The molecule has 1 amide bonds. The van der Waals surface area contributed by atoms with Crippen LogP contribution < -0.4 is 5.32 Å². The number of hydrogen-bond acceptors (Lipinski definition) is 3. The summed E-state index contributed by atoms with van der Waals surface area (Å²) in [5.74, 6) is 0.0525. The molecule has 0 bridgehead atoms. The van der Waals surface area contributed by atoms with E-state index in [1.54, 1.807) is 0 Å². The molecule has 0 aromatic carbocycles. The number of hydrogen-bond donors (Lipinski definition) is 1. The van der Waals surface area contributed by atoms with E-state index >= 15 is 0 Å². The fraction of sp³-hybridized carbons (Fsp3) is 0.615. The van der Waals surface area contributed by atoms with E-state index in [4.69, 9.17) is 0 Å². The molecule has 1 aromatic heterocycles. The van der Waals surface area contributed by atoms with Gasteiger partial charge in [0, 0.05) is 12.6 Å². The third-order valence-electron chi connectivity index (χ3n) is 3.48. The molecule has 1 unspecified atom stereocenters. The Hall–Kier alpha value is -0.390. The van der Waals surface area contributed by atoms with Crippen molar-refractivity contribution in [3.63, 3.8) is 0 Å². The lowest BCUT2D eigenvalue weighted by Gasteiger charge is -2.22. The number of likely N-dealkylation sites (tertiary alicyclic amines) is 1. The minimum atomic E-state index is 0.0525. The average molecular weight is 331 g/mol. The van der Waals surface area contributed by atoms with Crippen LogP contribution in [0.5, 0.6) is 0 Å². The number of nitrogens with one attached hydrogen (secondary N) is 1. The van der Waals surface area contributed by atoms with Crippen LogP contribution in [-0.2, 0) is 0 Å². The van der Waals surface area contributed by atoms with Gasteiger partial charge in [0.25, 0.3) is 5.91 Å². The SMILES string of the molecule is CCN1CCCC1CNC(=O)c1cc(C)c(Br)s1. The Morgan fingerprint density at radius 1 is 1.67 bits per heavy atom. The first-order chi connectivity index (χ1) is 8.61. The molecule has 0 aliphatic carbocycles. The Morgan fingerprint density at radius 3 is 3.06 bits per heavy atom. The molecule has 1 atom stereocenters. The molecule has 2 heterocycles. The molecular formula is C13H19BrN2OS. The number of amides is 1. The average Bonchev–Trinajstić information content (AvgIpc) is 2.93. The van der Waals surface area contributed by atoms with Crippen molar-refractivity contribution in [2.75, 3.05) is 19.6 Å². The van der Waals surface area contributed by atoms with Crippen LogP contribution in [0.25, 0.3) is 0 Å². The zero-order valence-electron chi connectivity index (χ0n) is 10.8. The molecule has 1 aliphatic rings. The summed E-state index contributed by atoms with van der Waals surface area (Å²) in [5, 5.41) is 3.05. The molecular weight excluding hydrogens is 312 g/mol. The Morgan fingerprint density at radius 2 is 2.44 bits per heavy atom. The Bertz CT molecular complexity index is 413. The van der Waals surface area contributed by atoms with Gasteiger partial charge in [-0.15, -0.1) is 11.3 Å². The molecule has 0 spiro atoms. The Kier molecular flexibility index (Phi) is 4.81. The van der Waals surface area contributed by atoms with Crippen LogP contribution in [0.4, 0.5) is 0 Å². The quantitative estimate of drug-likeness (QED) is 0.920. The maximum absolute atomic E-state index is 12.0. The summed E-state index contributed by atoms with van der Waals surface area (Å²) in [5.41, 5.74) is 1.13. The van der Waals surface area contributed by atoms with Crippen molar-refractivity contribution in [1.29, 1.82) is 0 Å². The zero-order valence-corrected chi connectivity index (χ0v) is 13.2. The van der Waals surface area contributed by atoms with E-state index < -0.39 is 0 Å². The van der Waals surface area contributed by atoms with Crippen molar-refractivity contribution in [3.05, 3.63) is 20.3 Å². The first kappa shape index (κ1) is 14.0. The number of thiophene rings is 1. The molecule has 1 aromatic rings. The molecule has 1 saturated heterocycles. The van der Waals surface area contributed by atoms with Gasteiger partial charge in [0.1, 0.15) is 0 Å². The van der Waals surface area contributed by atoms with Crippen LogP contribution in [-0.4, -0.2) is 36.5 Å². The highest BCUT2D eigenvalue weighted by atomic mass is 79.9. The first-order valence-corrected chi connectivity index (χ1v) is 8.01. The molecule has 3 nitrogen and oxygen atoms in total. The normalized spacial score (nSPS) is 20.3. The second-order valence-electron chi connectivity index (χ2n) is 4.70. The van der Waals surface area contributed by atoms with Crippen molar-refractivity contribution in [2.24, 2.45) is 0 Å². The third-order valence-corrected chi connectivity index (χ3v) is 5.62. The number of aryl methyl sites for hydroxylation is 1. The highest BCUT2D eigenvalue weighted by Gasteiger charge is 2.23. The fourth-order valence-corrected chi connectivity index (χ4v) is 3.86. The van der Waals surface area contributed by atoms with Crippen molar-refractivity contribution in [1.82, 2.24) is 10.2 Å².